The number of nitrogens with zero attached hydrogens (tertiary/aromatic N) is 7. The van der Waals surface area contributed by atoms with E-state index in [9.17, 15) is 71.1 Å². The molecule has 2 spiro atoms. The lowest BCUT2D eigenvalue weighted by atomic mass is 9.84. The van der Waals surface area contributed by atoms with Gasteiger partial charge >= 0.3 is 36.9 Å². The molecule has 6 aliphatic heterocycles. The largest absolute Gasteiger partial charge is 0.434 e. The molecular weight excluding hydrogens is 1130 g/mol. The van der Waals surface area contributed by atoms with Crippen molar-refractivity contribution < 1.29 is 80.5 Å². The number of likely N-dealkylation sites (tertiary alicyclic amines) is 4. The Kier molecular flexibility index (Phi) is 22.3. The van der Waals surface area contributed by atoms with Crippen LogP contribution in [0.1, 0.15) is 75.8 Å². The molecule has 2 aromatic rings. The smallest absolute Gasteiger partial charge is 0.426 e. The summed E-state index contributed by atoms with van der Waals surface area (Å²) in [7, 11) is 0. The van der Waals surface area contributed by atoms with Crippen molar-refractivity contribution >= 4 is 46.8 Å². The number of piperidine rings is 2. The minimum Gasteiger partial charge on any atom is -0.426 e. The topological polar surface area (TPSA) is 87.3 Å². The van der Waals surface area contributed by atoms with E-state index in [4.69, 9.17) is 23.2 Å². The van der Waals surface area contributed by atoms with Crippen molar-refractivity contribution in [1.29, 1.82) is 0 Å². The molecule has 12 nitrogen and oxygen atoms in total. The average molecular weight is 1190 g/mol. The molecule has 2 amide bonds. The number of hydrogen-bond donors (Lipinski definition) is 1. The zero-order chi connectivity index (χ0) is 58.0. The molecule has 6 fully saturated rings. The average Bonchev–Trinajstić information content (AvgIpc) is 3.99. The van der Waals surface area contributed by atoms with Crippen LogP contribution in [0.4, 0.5) is 82.4 Å². The first-order chi connectivity index (χ1) is 37.1. The molecule has 1 N–H and O–H groups in total. The zero-order valence-electron chi connectivity index (χ0n) is 43.7. The molecule has 2 aromatic carbocycles. The maximum absolute atomic E-state index is 12.8. The summed E-state index contributed by atoms with van der Waals surface area (Å²) in [6.45, 7) is 10.9. The summed E-state index contributed by atoms with van der Waals surface area (Å²) >= 11 is 12.6. The maximum atomic E-state index is 12.8. The standard InChI is InChI=1S/C25H32ClF7N4O2.C23H29ClF6N4O2.C3H7F/c26-19-3-2-18(20(16-19)35-14-12-34(11-7-27)13-15-35)17-37-8-1-4-23(37)5-9-36(10-6-23)22(38)39-21(24(28,29)30)25(31,32)33;24-17-3-2-16(18(14-17)32-12-7-31-8-13-32)15-34-9-1-4-21(34)5-10-33(11-6-21)20(35)36-19(22(25,26)27)23(28,29)30;1-2-3-4/h2-3,16,21H,1,4-15,17H2;2-3,14,19,31H,1,4-13,15H2;2-3H2,1H3. The van der Waals surface area contributed by atoms with Crippen molar-refractivity contribution in [3.05, 3.63) is 57.6 Å². The third-order valence-electron chi connectivity index (χ3n) is 15.6. The molecule has 8 rings (SSSR count). The number of piperazine rings is 2. The first-order valence-corrected chi connectivity index (χ1v) is 27.2. The van der Waals surface area contributed by atoms with Crippen LogP contribution in [-0.2, 0) is 22.6 Å². The molecule has 448 valence electrons. The molecule has 0 aliphatic carbocycles. The number of ether oxygens (including phenoxy) is 2. The monoisotopic (exact) mass is 1190 g/mol. The molecule has 6 heterocycles. The van der Waals surface area contributed by atoms with Crippen LogP contribution in [0.3, 0.4) is 0 Å². The summed E-state index contributed by atoms with van der Waals surface area (Å²) in [6.07, 6.45) is -28.6. The molecule has 0 radical (unpaired) electrons. The van der Waals surface area contributed by atoms with Gasteiger partial charge in [0, 0.05) is 131 Å². The number of halogens is 16. The van der Waals surface area contributed by atoms with E-state index < -0.39 is 49.1 Å². The second kappa shape index (κ2) is 27.4. The Morgan fingerprint density at radius 1 is 0.544 bits per heavy atom. The molecule has 79 heavy (non-hydrogen) atoms. The van der Waals surface area contributed by atoms with Crippen molar-refractivity contribution in [2.24, 2.45) is 0 Å². The molecule has 6 aliphatic rings. The third kappa shape index (κ3) is 17.1. The number of nitrogens with one attached hydrogen (secondary N) is 1. The van der Waals surface area contributed by atoms with Crippen molar-refractivity contribution in [2.45, 2.75) is 126 Å². The zero-order valence-corrected chi connectivity index (χ0v) is 45.2. The van der Waals surface area contributed by atoms with E-state index in [1.54, 1.807) is 6.92 Å². The van der Waals surface area contributed by atoms with E-state index in [1.165, 1.54) is 0 Å². The van der Waals surface area contributed by atoms with Crippen molar-refractivity contribution in [3.8, 4) is 0 Å². The predicted octanol–water partition coefficient (Wildman–Crippen LogP) is 11.7. The van der Waals surface area contributed by atoms with Gasteiger partial charge in [0.05, 0.1) is 6.67 Å². The minimum atomic E-state index is -5.75. The van der Waals surface area contributed by atoms with Crippen LogP contribution < -0.4 is 15.1 Å². The normalized spacial score (nSPS) is 20.6. The fraction of sp³-hybridized carbons (Fsp3) is 0.725. The van der Waals surface area contributed by atoms with E-state index in [0.717, 1.165) is 123 Å². The van der Waals surface area contributed by atoms with E-state index >= 15 is 0 Å². The summed E-state index contributed by atoms with van der Waals surface area (Å²) in [4.78, 5) is 37.5. The second-order valence-electron chi connectivity index (χ2n) is 20.7. The van der Waals surface area contributed by atoms with Gasteiger partial charge in [-0.05, 0) is 106 Å². The highest BCUT2D eigenvalue weighted by Crippen LogP contribution is 2.44. The molecule has 0 aromatic heterocycles. The third-order valence-corrected chi connectivity index (χ3v) is 16.1. The van der Waals surface area contributed by atoms with E-state index in [1.807, 2.05) is 36.4 Å². The Hall–Kier alpha value is -3.98. The lowest BCUT2D eigenvalue weighted by Crippen LogP contribution is -2.54. The fourth-order valence-electron chi connectivity index (χ4n) is 11.4. The van der Waals surface area contributed by atoms with E-state index in [0.29, 0.717) is 61.8 Å². The van der Waals surface area contributed by atoms with E-state index in [-0.39, 0.29) is 50.6 Å². The van der Waals surface area contributed by atoms with Crippen LogP contribution in [-0.4, -0.2) is 196 Å². The van der Waals surface area contributed by atoms with Crippen LogP contribution >= 0.6 is 23.2 Å². The molecule has 0 bridgehead atoms. The number of carbonyl (C=O) groups excluding carboxylic acids is 2. The lowest BCUT2D eigenvalue weighted by molar-refractivity contribution is -0.309. The van der Waals surface area contributed by atoms with Gasteiger partial charge in [0.25, 0.3) is 12.2 Å². The second-order valence-corrected chi connectivity index (χ2v) is 21.5. The van der Waals surface area contributed by atoms with Crippen molar-refractivity contribution in [2.75, 3.05) is 121 Å². The number of anilines is 2. The summed E-state index contributed by atoms with van der Waals surface area (Å²) in [6, 6.07) is 11.5. The van der Waals surface area contributed by atoms with Gasteiger partial charge in [0.15, 0.2) is 0 Å². The Morgan fingerprint density at radius 2 is 0.911 bits per heavy atom. The quantitative estimate of drug-likeness (QED) is 0.220. The molecule has 0 saturated carbocycles. The number of alkyl halides is 14. The minimum absolute atomic E-state index is 0.00176. The van der Waals surface area contributed by atoms with Gasteiger partial charge in [-0.1, -0.05) is 42.3 Å². The highest BCUT2D eigenvalue weighted by Gasteiger charge is 2.62. The van der Waals surface area contributed by atoms with Gasteiger partial charge in [0.2, 0.25) is 0 Å². The Morgan fingerprint density at radius 3 is 1.25 bits per heavy atom. The van der Waals surface area contributed by atoms with Gasteiger partial charge < -0.3 is 34.4 Å². The fourth-order valence-corrected chi connectivity index (χ4v) is 11.7. The van der Waals surface area contributed by atoms with Crippen LogP contribution in [0.5, 0.6) is 0 Å². The molecular formula is C51H68Cl2F14N8O4. The van der Waals surface area contributed by atoms with E-state index in [2.05, 4.69) is 39.3 Å². The highest BCUT2D eigenvalue weighted by molar-refractivity contribution is 6.31. The first kappa shape index (κ1) is 64.2. The molecule has 28 heteroatoms. The summed E-state index contributed by atoms with van der Waals surface area (Å²) < 4.78 is 185. The first-order valence-electron chi connectivity index (χ1n) is 26.4. The number of rotatable bonds is 11. The lowest BCUT2D eigenvalue weighted by Gasteiger charge is -2.45. The Balaban J connectivity index is 0.000000240. The number of benzene rings is 2. The SMILES string of the molecule is CCCF.O=C(OC(C(F)(F)F)C(F)(F)F)N1CCC2(CCCN2Cc2ccc(Cl)cc2N2CCN(CCF)CC2)CC1.O=C(OC(C(F)(F)F)C(F)(F)F)N1CCC2(CCCN2Cc2ccc(Cl)cc2N2CCNCC2)CC1. The summed E-state index contributed by atoms with van der Waals surface area (Å²) in [5.74, 6) is 0. The van der Waals surface area contributed by atoms with Gasteiger partial charge in [-0.25, -0.2) is 14.0 Å². The molecule has 0 unspecified atom stereocenters. The van der Waals surface area contributed by atoms with Crippen molar-refractivity contribution in [1.82, 2.24) is 29.8 Å². The predicted molar refractivity (Wildman–Crippen MR) is 270 cm³/mol. The maximum Gasteiger partial charge on any atom is 0.434 e. The molecule has 6 saturated heterocycles. The van der Waals surface area contributed by atoms with Gasteiger partial charge in [-0.3, -0.25) is 19.1 Å². The van der Waals surface area contributed by atoms with Gasteiger partial charge in [0.1, 0.15) is 6.67 Å². The van der Waals surface area contributed by atoms with Crippen LogP contribution in [0, 0.1) is 0 Å². The van der Waals surface area contributed by atoms with Crippen LogP contribution in [0.25, 0.3) is 0 Å². The Labute approximate surface area is 460 Å². The molecule has 0 atom stereocenters. The Bertz CT molecular complexity index is 2240. The summed E-state index contributed by atoms with van der Waals surface area (Å²) in [5, 5.41) is 4.57. The van der Waals surface area contributed by atoms with Gasteiger partial charge in [-0.2, -0.15) is 52.7 Å². The van der Waals surface area contributed by atoms with Crippen molar-refractivity contribution in [3.63, 3.8) is 0 Å². The number of amides is 2. The van der Waals surface area contributed by atoms with Crippen LogP contribution in [0.2, 0.25) is 10.0 Å². The number of hydrogen-bond acceptors (Lipinski definition) is 10. The van der Waals surface area contributed by atoms with Crippen LogP contribution in [0.15, 0.2) is 36.4 Å². The number of carbonyl (C=O) groups is 2. The summed E-state index contributed by atoms with van der Waals surface area (Å²) in [5.41, 5.74) is 3.64. The highest BCUT2D eigenvalue weighted by atomic mass is 35.5. The van der Waals surface area contributed by atoms with Gasteiger partial charge in [-0.15, -0.1) is 0 Å².